The zero-order valence-corrected chi connectivity index (χ0v) is 11.0. The fourth-order valence-electron chi connectivity index (χ4n) is 1.74. The molecule has 1 atom stereocenters. The molecule has 1 heterocycles. The summed E-state index contributed by atoms with van der Waals surface area (Å²) in [5.74, 6) is -0.370. The fourth-order valence-corrected chi connectivity index (χ4v) is 1.74. The molecule has 98 valence electrons. The first-order valence-electron chi connectivity index (χ1n) is 5.96. The van der Waals surface area contributed by atoms with E-state index in [9.17, 15) is 9.59 Å². The van der Waals surface area contributed by atoms with Gasteiger partial charge in [-0.3, -0.25) is 9.69 Å². The maximum Gasteiger partial charge on any atom is 0.413 e. The maximum atomic E-state index is 11.9. The summed E-state index contributed by atoms with van der Waals surface area (Å²) < 4.78 is 10.4. The molecule has 1 fully saturated rings. The summed E-state index contributed by atoms with van der Waals surface area (Å²) in [7, 11) is 0. The molecule has 0 saturated carbocycles. The molecule has 0 spiro atoms. The SMILES string of the molecule is CC(=O)O[C@H]1CCCCN1C(=O)OC(C)(C)C. The van der Waals surface area contributed by atoms with Crippen LogP contribution in [-0.2, 0) is 14.3 Å². The van der Waals surface area contributed by atoms with E-state index in [1.54, 1.807) is 0 Å². The average molecular weight is 243 g/mol. The van der Waals surface area contributed by atoms with Crippen LogP contribution in [0.15, 0.2) is 0 Å². The van der Waals surface area contributed by atoms with Crippen molar-refractivity contribution in [1.82, 2.24) is 4.90 Å². The summed E-state index contributed by atoms with van der Waals surface area (Å²) in [4.78, 5) is 24.4. The predicted octanol–water partition coefficient (Wildman–Crippen LogP) is 2.30. The van der Waals surface area contributed by atoms with Crippen LogP contribution in [-0.4, -0.2) is 35.3 Å². The number of carbonyl (C=O) groups is 2. The number of nitrogens with zero attached hydrogens (tertiary/aromatic N) is 1. The molecule has 1 amide bonds. The number of esters is 1. The molecule has 5 heteroatoms. The first kappa shape index (κ1) is 13.8. The van der Waals surface area contributed by atoms with Crippen LogP contribution in [0.1, 0.15) is 47.0 Å². The van der Waals surface area contributed by atoms with Crippen LogP contribution in [0.4, 0.5) is 4.79 Å². The van der Waals surface area contributed by atoms with Crippen molar-refractivity contribution in [3.05, 3.63) is 0 Å². The zero-order chi connectivity index (χ0) is 13.1. The van der Waals surface area contributed by atoms with E-state index >= 15 is 0 Å². The Morgan fingerprint density at radius 1 is 1.24 bits per heavy atom. The van der Waals surface area contributed by atoms with Crippen LogP contribution >= 0.6 is 0 Å². The number of ether oxygens (including phenoxy) is 2. The predicted molar refractivity (Wildman–Crippen MR) is 62.3 cm³/mol. The molecule has 5 nitrogen and oxygen atoms in total. The lowest BCUT2D eigenvalue weighted by molar-refractivity contribution is -0.158. The van der Waals surface area contributed by atoms with Crippen LogP contribution in [0.2, 0.25) is 0 Å². The Labute approximate surface area is 102 Å². The second kappa shape index (κ2) is 5.38. The minimum Gasteiger partial charge on any atom is -0.444 e. The standard InChI is InChI=1S/C12H21NO4/c1-9(14)16-10-7-5-6-8-13(10)11(15)17-12(2,3)4/h10H,5-8H2,1-4H3/t10-/m0/s1. The lowest BCUT2D eigenvalue weighted by Gasteiger charge is -2.35. The third kappa shape index (κ3) is 4.63. The van der Waals surface area contributed by atoms with Crippen molar-refractivity contribution in [2.45, 2.75) is 58.8 Å². The van der Waals surface area contributed by atoms with E-state index < -0.39 is 17.9 Å². The van der Waals surface area contributed by atoms with Crippen LogP contribution in [0.5, 0.6) is 0 Å². The van der Waals surface area contributed by atoms with Gasteiger partial charge in [0.1, 0.15) is 5.60 Å². The van der Waals surface area contributed by atoms with Gasteiger partial charge in [-0.05, 0) is 33.6 Å². The fraction of sp³-hybridized carbons (Fsp3) is 0.833. The Balaban J connectivity index is 2.64. The van der Waals surface area contributed by atoms with Gasteiger partial charge >= 0.3 is 12.1 Å². The molecular weight excluding hydrogens is 222 g/mol. The number of piperidine rings is 1. The Kier molecular flexibility index (Phi) is 4.37. The van der Waals surface area contributed by atoms with Gasteiger partial charge in [0.2, 0.25) is 0 Å². The minimum atomic E-state index is -0.532. The van der Waals surface area contributed by atoms with Crippen molar-refractivity contribution < 1.29 is 19.1 Å². The monoisotopic (exact) mass is 243 g/mol. The van der Waals surface area contributed by atoms with Crippen LogP contribution in [0, 0.1) is 0 Å². The second-order valence-corrected chi connectivity index (χ2v) is 5.23. The zero-order valence-electron chi connectivity index (χ0n) is 11.0. The summed E-state index contributed by atoms with van der Waals surface area (Å²) in [6.45, 7) is 7.37. The van der Waals surface area contributed by atoms with E-state index in [1.807, 2.05) is 20.8 Å². The smallest absolute Gasteiger partial charge is 0.413 e. The molecule has 0 unspecified atom stereocenters. The van der Waals surface area contributed by atoms with Gasteiger partial charge in [-0.15, -0.1) is 0 Å². The molecule has 0 aromatic carbocycles. The van der Waals surface area contributed by atoms with E-state index in [4.69, 9.17) is 9.47 Å². The first-order valence-corrected chi connectivity index (χ1v) is 5.96. The van der Waals surface area contributed by atoms with Gasteiger partial charge in [-0.25, -0.2) is 4.79 Å². The Morgan fingerprint density at radius 3 is 2.41 bits per heavy atom. The molecule has 1 aliphatic heterocycles. The third-order valence-electron chi connectivity index (χ3n) is 2.38. The normalized spacial score (nSPS) is 20.9. The number of carbonyl (C=O) groups excluding carboxylic acids is 2. The van der Waals surface area contributed by atoms with Crippen molar-refractivity contribution in [3.63, 3.8) is 0 Å². The number of likely N-dealkylation sites (tertiary alicyclic amines) is 1. The number of hydrogen-bond donors (Lipinski definition) is 0. The molecule has 0 aromatic heterocycles. The number of hydrogen-bond acceptors (Lipinski definition) is 4. The van der Waals surface area contributed by atoms with Gasteiger partial charge in [0.25, 0.3) is 0 Å². The van der Waals surface area contributed by atoms with Crippen LogP contribution in [0.25, 0.3) is 0 Å². The van der Waals surface area contributed by atoms with Crippen molar-refractivity contribution in [2.75, 3.05) is 6.54 Å². The summed E-state index contributed by atoms with van der Waals surface area (Å²) in [5, 5.41) is 0. The molecular formula is C12H21NO4. The Hall–Kier alpha value is -1.26. The highest BCUT2D eigenvalue weighted by Gasteiger charge is 2.32. The van der Waals surface area contributed by atoms with E-state index in [2.05, 4.69) is 0 Å². The third-order valence-corrected chi connectivity index (χ3v) is 2.38. The van der Waals surface area contributed by atoms with Gasteiger partial charge in [-0.2, -0.15) is 0 Å². The van der Waals surface area contributed by atoms with E-state index in [0.29, 0.717) is 13.0 Å². The van der Waals surface area contributed by atoms with Crippen LogP contribution < -0.4 is 0 Å². The molecule has 0 radical (unpaired) electrons. The highest BCUT2D eigenvalue weighted by atomic mass is 16.6. The topological polar surface area (TPSA) is 55.8 Å². The summed E-state index contributed by atoms with van der Waals surface area (Å²) in [5.41, 5.74) is -0.532. The van der Waals surface area contributed by atoms with Crippen molar-refractivity contribution in [3.8, 4) is 0 Å². The highest BCUT2D eigenvalue weighted by Crippen LogP contribution is 2.21. The minimum absolute atomic E-state index is 0.370. The average Bonchev–Trinajstić information content (AvgIpc) is 2.14. The van der Waals surface area contributed by atoms with Crippen LogP contribution in [0.3, 0.4) is 0 Å². The molecule has 17 heavy (non-hydrogen) atoms. The first-order chi connectivity index (χ1) is 7.79. The molecule has 0 aromatic rings. The largest absolute Gasteiger partial charge is 0.444 e. The van der Waals surface area contributed by atoms with Gasteiger partial charge in [-0.1, -0.05) is 0 Å². The van der Waals surface area contributed by atoms with Gasteiger partial charge in [0, 0.05) is 19.9 Å². The Bertz CT molecular complexity index is 295. The van der Waals surface area contributed by atoms with E-state index in [-0.39, 0.29) is 5.97 Å². The summed E-state index contributed by atoms with van der Waals surface area (Å²) >= 11 is 0. The lowest BCUT2D eigenvalue weighted by atomic mass is 10.1. The number of amides is 1. The molecule has 1 rings (SSSR count). The number of rotatable bonds is 1. The molecule has 1 saturated heterocycles. The van der Waals surface area contributed by atoms with E-state index in [0.717, 1.165) is 12.8 Å². The lowest BCUT2D eigenvalue weighted by Crippen LogP contribution is -2.47. The van der Waals surface area contributed by atoms with E-state index in [1.165, 1.54) is 11.8 Å². The molecule has 0 bridgehead atoms. The maximum absolute atomic E-state index is 11.9. The molecule has 0 aliphatic carbocycles. The quantitative estimate of drug-likeness (QED) is 0.663. The van der Waals surface area contributed by atoms with Crippen molar-refractivity contribution in [1.29, 1.82) is 0 Å². The second-order valence-electron chi connectivity index (χ2n) is 5.23. The molecule has 1 aliphatic rings. The Morgan fingerprint density at radius 2 is 1.88 bits per heavy atom. The highest BCUT2D eigenvalue weighted by molar-refractivity contribution is 5.70. The van der Waals surface area contributed by atoms with Crippen molar-refractivity contribution >= 4 is 12.1 Å². The molecule has 0 N–H and O–H groups in total. The van der Waals surface area contributed by atoms with Gasteiger partial charge in [0.05, 0.1) is 0 Å². The van der Waals surface area contributed by atoms with Gasteiger partial charge in [0.15, 0.2) is 6.23 Å². The van der Waals surface area contributed by atoms with Gasteiger partial charge < -0.3 is 9.47 Å². The van der Waals surface area contributed by atoms with Crippen molar-refractivity contribution in [2.24, 2.45) is 0 Å². The summed E-state index contributed by atoms with van der Waals surface area (Å²) in [6, 6.07) is 0. The summed E-state index contributed by atoms with van der Waals surface area (Å²) in [6.07, 6.45) is 1.66.